The molecule has 0 atom stereocenters. The molecule has 4 nitrogen and oxygen atoms in total. The van der Waals surface area contributed by atoms with Gasteiger partial charge in [-0.1, -0.05) is 12.8 Å². The number of nitrogens with one attached hydrogen (secondary N) is 1. The molecule has 0 spiro atoms. The fourth-order valence-electron chi connectivity index (χ4n) is 1.92. The molecule has 1 fully saturated rings. The molecule has 0 radical (unpaired) electrons. The summed E-state index contributed by atoms with van der Waals surface area (Å²) in [7, 11) is 0. The quantitative estimate of drug-likeness (QED) is 0.745. The molecule has 0 aromatic carbocycles. The highest BCUT2D eigenvalue weighted by atomic mass is 15.3. The molecule has 1 aliphatic rings. The molecular formula is C10H18N4. The number of H-pyrrole nitrogens is 1. The summed E-state index contributed by atoms with van der Waals surface area (Å²) in [5.74, 6) is 1.06. The molecule has 1 aromatic rings. The van der Waals surface area contributed by atoms with Crippen molar-refractivity contribution in [3.05, 3.63) is 11.8 Å². The van der Waals surface area contributed by atoms with Crippen LogP contribution in [0.1, 0.15) is 31.4 Å². The molecule has 0 unspecified atom stereocenters. The number of rotatable bonds is 2. The van der Waals surface area contributed by atoms with Gasteiger partial charge in [-0.15, -0.1) is 0 Å². The van der Waals surface area contributed by atoms with Gasteiger partial charge in [-0.2, -0.15) is 5.10 Å². The lowest BCUT2D eigenvalue weighted by atomic mass is 10.2. The summed E-state index contributed by atoms with van der Waals surface area (Å²) in [6.45, 7) is 2.81. The molecule has 0 aliphatic carbocycles. The van der Waals surface area contributed by atoms with Gasteiger partial charge in [0.05, 0.1) is 5.69 Å². The van der Waals surface area contributed by atoms with Gasteiger partial charge in [0.1, 0.15) is 0 Å². The highest BCUT2D eigenvalue weighted by Crippen LogP contribution is 2.17. The lowest BCUT2D eigenvalue weighted by Gasteiger charge is -2.18. The van der Waals surface area contributed by atoms with Gasteiger partial charge < -0.3 is 10.6 Å². The largest absolute Gasteiger partial charge is 0.355 e. The zero-order valence-electron chi connectivity index (χ0n) is 8.50. The van der Waals surface area contributed by atoms with E-state index in [1.807, 2.05) is 0 Å². The summed E-state index contributed by atoms with van der Waals surface area (Å²) in [5.41, 5.74) is 6.55. The van der Waals surface area contributed by atoms with Gasteiger partial charge >= 0.3 is 0 Å². The smallest absolute Gasteiger partial charge is 0.150 e. The Morgan fingerprint density at radius 1 is 1.29 bits per heavy atom. The van der Waals surface area contributed by atoms with Crippen LogP contribution in [0.25, 0.3) is 0 Å². The van der Waals surface area contributed by atoms with Crippen molar-refractivity contribution in [1.82, 2.24) is 10.2 Å². The molecule has 1 aliphatic heterocycles. The number of aromatic amines is 1. The first-order chi connectivity index (χ1) is 6.90. The van der Waals surface area contributed by atoms with Gasteiger partial charge in [-0.25, -0.2) is 0 Å². The molecule has 14 heavy (non-hydrogen) atoms. The van der Waals surface area contributed by atoms with Crippen molar-refractivity contribution in [1.29, 1.82) is 0 Å². The number of nitrogens with two attached hydrogens (primary N) is 1. The van der Waals surface area contributed by atoms with Gasteiger partial charge in [-0.3, -0.25) is 5.10 Å². The summed E-state index contributed by atoms with van der Waals surface area (Å²) in [6, 6.07) is 2.06. The zero-order valence-corrected chi connectivity index (χ0v) is 8.50. The first-order valence-corrected chi connectivity index (χ1v) is 5.39. The maximum absolute atomic E-state index is 5.53. The van der Waals surface area contributed by atoms with Gasteiger partial charge in [0.15, 0.2) is 5.82 Å². The Morgan fingerprint density at radius 2 is 2.00 bits per heavy atom. The van der Waals surface area contributed by atoms with Gasteiger partial charge in [0, 0.05) is 25.7 Å². The normalized spacial score (nSPS) is 18.2. The van der Waals surface area contributed by atoms with E-state index in [-0.39, 0.29) is 0 Å². The van der Waals surface area contributed by atoms with Gasteiger partial charge in [-0.05, 0) is 12.8 Å². The fourth-order valence-corrected chi connectivity index (χ4v) is 1.92. The maximum Gasteiger partial charge on any atom is 0.150 e. The van der Waals surface area contributed by atoms with Crippen LogP contribution in [0, 0.1) is 0 Å². The van der Waals surface area contributed by atoms with Crippen LogP contribution in [-0.2, 0) is 6.54 Å². The second-order valence-electron chi connectivity index (χ2n) is 3.86. The van der Waals surface area contributed by atoms with Gasteiger partial charge in [0.2, 0.25) is 0 Å². The van der Waals surface area contributed by atoms with Crippen LogP contribution in [0.15, 0.2) is 6.07 Å². The van der Waals surface area contributed by atoms with Crippen molar-refractivity contribution < 1.29 is 0 Å². The Morgan fingerprint density at radius 3 is 2.57 bits per heavy atom. The van der Waals surface area contributed by atoms with Crippen LogP contribution >= 0.6 is 0 Å². The minimum atomic E-state index is 0.542. The van der Waals surface area contributed by atoms with E-state index in [2.05, 4.69) is 21.2 Å². The summed E-state index contributed by atoms with van der Waals surface area (Å²) < 4.78 is 0. The molecule has 2 rings (SSSR count). The fraction of sp³-hybridized carbons (Fsp3) is 0.700. The topological polar surface area (TPSA) is 57.9 Å². The minimum absolute atomic E-state index is 0.542. The molecule has 0 bridgehead atoms. The molecule has 3 N–H and O–H groups in total. The van der Waals surface area contributed by atoms with E-state index < -0.39 is 0 Å². The first kappa shape index (κ1) is 9.52. The van der Waals surface area contributed by atoms with Crippen molar-refractivity contribution in [2.24, 2.45) is 5.73 Å². The van der Waals surface area contributed by atoms with E-state index in [9.17, 15) is 0 Å². The summed E-state index contributed by atoms with van der Waals surface area (Å²) in [6.07, 6.45) is 5.27. The van der Waals surface area contributed by atoms with E-state index in [0.29, 0.717) is 6.54 Å². The van der Waals surface area contributed by atoms with E-state index in [0.717, 1.165) is 24.6 Å². The van der Waals surface area contributed by atoms with E-state index in [1.54, 1.807) is 0 Å². The Labute approximate surface area is 84.5 Å². The highest BCUT2D eigenvalue weighted by molar-refractivity contribution is 5.39. The molecular weight excluding hydrogens is 176 g/mol. The Bertz CT molecular complexity index is 273. The average Bonchev–Trinajstić information content (AvgIpc) is 2.53. The number of aromatic nitrogens is 2. The van der Waals surface area contributed by atoms with Crippen LogP contribution in [0.3, 0.4) is 0 Å². The Balaban J connectivity index is 2.04. The van der Waals surface area contributed by atoms with Crippen molar-refractivity contribution >= 4 is 5.82 Å². The number of anilines is 1. The molecule has 78 valence electrons. The lowest BCUT2D eigenvalue weighted by molar-refractivity contribution is 0.726. The molecule has 4 heteroatoms. The second kappa shape index (κ2) is 4.46. The highest BCUT2D eigenvalue weighted by Gasteiger charge is 2.12. The van der Waals surface area contributed by atoms with Crippen molar-refractivity contribution in [2.75, 3.05) is 18.0 Å². The Kier molecular flexibility index (Phi) is 3.03. The minimum Gasteiger partial charge on any atom is -0.355 e. The number of hydrogen-bond acceptors (Lipinski definition) is 3. The summed E-state index contributed by atoms with van der Waals surface area (Å²) >= 11 is 0. The van der Waals surface area contributed by atoms with Crippen LogP contribution in [0.2, 0.25) is 0 Å². The molecule has 0 saturated carbocycles. The molecule has 1 saturated heterocycles. The lowest BCUT2D eigenvalue weighted by Crippen LogP contribution is -2.24. The van der Waals surface area contributed by atoms with Crippen LogP contribution in [-0.4, -0.2) is 23.3 Å². The number of nitrogens with zero attached hydrogens (tertiary/aromatic N) is 2. The molecule has 1 aromatic heterocycles. The molecule has 2 heterocycles. The third kappa shape index (κ3) is 2.07. The van der Waals surface area contributed by atoms with Crippen LogP contribution in [0.5, 0.6) is 0 Å². The SMILES string of the molecule is NCc1cc(N2CCCCCC2)n[nH]1. The van der Waals surface area contributed by atoms with Crippen molar-refractivity contribution in [3.63, 3.8) is 0 Å². The van der Waals surface area contributed by atoms with E-state index in [4.69, 9.17) is 5.73 Å². The maximum atomic E-state index is 5.53. The standard InChI is InChI=1S/C10H18N4/c11-8-9-7-10(13-12-9)14-5-3-1-2-4-6-14/h7H,1-6,8,11H2,(H,12,13). The Hall–Kier alpha value is -1.03. The van der Waals surface area contributed by atoms with E-state index in [1.165, 1.54) is 25.7 Å². The first-order valence-electron chi connectivity index (χ1n) is 5.39. The third-order valence-corrected chi connectivity index (χ3v) is 2.77. The van der Waals surface area contributed by atoms with E-state index >= 15 is 0 Å². The predicted molar refractivity (Wildman–Crippen MR) is 57.2 cm³/mol. The van der Waals surface area contributed by atoms with Crippen LogP contribution in [0.4, 0.5) is 5.82 Å². The molecule has 0 amide bonds. The summed E-state index contributed by atoms with van der Waals surface area (Å²) in [5, 5.41) is 7.23. The monoisotopic (exact) mass is 194 g/mol. The zero-order chi connectivity index (χ0) is 9.80. The van der Waals surface area contributed by atoms with Gasteiger partial charge in [0.25, 0.3) is 0 Å². The van der Waals surface area contributed by atoms with Crippen molar-refractivity contribution in [2.45, 2.75) is 32.2 Å². The third-order valence-electron chi connectivity index (χ3n) is 2.77. The average molecular weight is 194 g/mol. The van der Waals surface area contributed by atoms with Crippen molar-refractivity contribution in [3.8, 4) is 0 Å². The second-order valence-corrected chi connectivity index (χ2v) is 3.86. The summed E-state index contributed by atoms with van der Waals surface area (Å²) in [4.78, 5) is 2.35. The predicted octanol–water partition coefficient (Wildman–Crippen LogP) is 1.25. The number of hydrogen-bond donors (Lipinski definition) is 2. The van der Waals surface area contributed by atoms with Crippen LogP contribution < -0.4 is 10.6 Å².